The Labute approximate surface area is 203 Å². The van der Waals surface area contributed by atoms with E-state index in [1.54, 1.807) is 19.5 Å². The molecule has 5 aromatic rings. The molecule has 0 amide bonds. The van der Waals surface area contributed by atoms with Gasteiger partial charge in [-0.1, -0.05) is 42.5 Å². The summed E-state index contributed by atoms with van der Waals surface area (Å²) in [5, 5.41) is 12.1. The first-order valence-corrected chi connectivity index (χ1v) is 11.4. The van der Waals surface area contributed by atoms with Crippen LogP contribution in [0.3, 0.4) is 0 Å². The van der Waals surface area contributed by atoms with Crippen molar-refractivity contribution in [2.45, 2.75) is 5.60 Å². The maximum atomic E-state index is 12.1. The monoisotopic (exact) mass is 457 g/mol. The molecule has 0 saturated heterocycles. The molecule has 1 aliphatic carbocycles. The van der Waals surface area contributed by atoms with Gasteiger partial charge in [-0.3, -0.25) is 9.97 Å². The van der Waals surface area contributed by atoms with E-state index in [0.717, 1.165) is 50.9 Å². The molecule has 6 rings (SSSR count). The van der Waals surface area contributed by atoms with Gasteiger partial charge in [0.2, 0.25) is 0 Å². The van der Waals surface area contributed by atoms with Crippen LogP contribution in [0.4, 0.5) is 17.1 Å². The molecule has 0 fully saturated rings. The van der Waals surface area contributed by atoms with Gasteiger partial charge in [0, 0.05) is 40.6 Å². The first-order valence-electron chi connectivity index (χ1n) is 11.4. The van der Waals surface area contributed by atoms with Gasteiger partial charge < -0.3 is 14.7 Å². The van der Waals surface area contributed by atoms with Crippen LogP contribution in [0.15, 0.2) is 116 Å². The molecular formula is C30H23N3O2. The number of methoxy groups -OCH3 is 1. The molecule has 0 unspecified atom stereocenters. The number of hydrogen-bond acceptors (Lipinski definition) is 5. The fourth-order valence-electron chi connectivity index (χ4n) is 4.84. The predicted octanol–water partition coefficient (Wildman–Crippen LogP) is 6.22. The molecule has 2 aromatic heterocycles. The molecule has 35 heavy (non-hydrogen) atoms. The number of para-hydroxylation sites is 1. The highest BCUT2D eigenvalue weighted by Crippen LogP contribution is 2.49. The highest BCUT2D eigenvalue weighted by atomic mass is 16.5. The van der Waals surface area contributed by atoms with E-state index in [0.29, 0.717) is 0 Å². The number of fused-ring (bicyclic) bond motifs is 3. The minimum atomic E-state index is -1.32. The molecule has 2 heterocycles. The zero-order chi connectivity index (χ0) is 23.8. The first-order chi connectivity index (χ1) is 17.2. The third-order valence-electron chi connectivity index (χ3n) is 6.51. The van der Waals surface area contributed by atoms with Crippen LogP contribution in [0.2, 0.25) is 0 Å². The number of ether oxygens (including phenoxy) is 1. The quantitative estimate of drug-likeness (QED) is 0.340. The van der Waals surface area contributed by atoms with E-state index in [1.165, 1.54) is 0 Å². The van der Waals surface area contributed by atoms with E-state index >= 15 is 0 Å². The van der Waals surface area contributed by atoms with E-state index in [4.69, 9.17) is 4.74 Å². The molecule has 1 aliphatic rings. The normalized spacial score (nSPS) is 13.1. The van der Waals surface area contributed by atoms with E-state index < -0.39 is 5.60 Å². The number of aromatic nitrogens is 2. The van der Waals surface area contributed by atoms with Gasteiger partial charge in [-0.2, -0.15) is 0 Å². The summed E-state index contributed by atoms with van der Waals surface area (Å²) >= 11 is 0. The Morgan fingerprint density at radius 2 is 1.14 bits per heavy atom. The zero-order valence-electron chi connectivity index (χ0n) is 19.2. The number of rotatable bonds is 5. The van der Waals surface area contributed by atoms with Crippen molar-refractivity contribution in [3.63, 3.8) is 0 Å². The Balaban J connectivity index is 1.46. The second-order valence-corrected chi connectivity index (χ2v) is 8.43. The van der Waals surface area contributed by atoms with Crippen molar-refractivity contribution in [2.75, 3.05) is 12.0 Å². The maximum Gasteiger partial charge on any atom is 0.144 e. The molecule has 3 aromatic carbocycles. The van der Waals surface area contributed by atoms with Gasteiger partial charge in [-0.05, 0) is 66.2 Å². The van der Waals surface area contributed by atoms with Gasteiger partial charge >= 0.3 is 0 Å². The molecule has 5 nitrogen and oxygen atoms in total. The third kappa shape index (κ3) is 3.36. The average Bonchev–Trinajstić information content (AvgIpc) is 3.20. The lowest BCUT2D eigenvalue weighted by molar-refractivity contribution is 0.130. The van der Waals surface area contributed by atoms with E-state index in [9.17, 15) is 5.11 Å². The standard InChI is InChI=1S/C30H23N3O2/c1-35-25-17-15-24(16-18-25)33(22-7-3-2-4-8-22)23-13-11-21(12-14-23)30(34)26-9-5-19-31-28(26)29-27(30)10-6-20-32-29/h2-20,34H,1H3. The first kappa shape index (κ1) is 21.1. The van der Waals surface area contributed by atoms with Gasteiger partial charge in [-0.25, -0.2) is 0 Å². The number of hydrogen-bond donors (Lipinski definition) is 1. The summed E-state index contributed by atoms with van der Waals surface area (Å²) in [7, 11) is 1.66. The van der Waals surface area contributed by atoms with E-state index in [1.807, 2.05) is 91.0 Å². The van der Waals surface area contributed by atoms with Gasteiger partial charge in [-0.15, -0.1) is 0 Å². The molecule has 0 atom stereocenters. The summed E-state index contributed by atoms with van der Waals surface area (Å²) in [5.41, 5.74) is 5.41. The van der Waals surface area contributed by atoms with Crippen molar-refractivity contribution < 1.29 is 9.84 Å². The number of pyridine rings is 2. The highest BCUT2D eigenvalue weighted by Gasteiger charge is 2.44. The average molecular weight is 458 g/mol. The molecule has 0 spiro atoms. The zero-order valence-corrected chi connectivity index (χ0v) is 19.2. The topological polar surface area (TPSA) is 58.5 Å². The highest BCUT2D eigenvalue weighted by molar-refractivity contribution is 5.79. The van der Waals surface area contributed by atoms with Crippen molar-refractivity contribution in [1.29, 1.82) is 0 Å². The summed E-state index contributed by atoms with van der Waals surface area (Å²) < 4.78 is 5.35. The SMILES string of the molecule is COc1ccc(N(c2ccccc2)c2ccc(C3(O)c4cccnc4-c4ncccc43)cc2)cc1. The molecule has 170 valence electrons. The van der Waals surface area contributed by atoms with Gasteiger partial charge in [0.25, 0.3) is 0 Å². The van der Waals surface area contributed by atoms with Crippen LogP contribution in [0.1, 0.15) is 16.7 Å². The Bertz CT molecular complexity index is 1440. The molecule has 1 N–H and O–H groups in total. The molecular weight excluding hydrogens is 434 g/mol. The van der Waals surface area contributed by atoms with E-state index in [2.05, 4.69) is 27.0 Å². The molecule has 5 heteroatoms. The Hall–Kier alpha value is -4.48. The molecule has 0 bridgehead atoms. The van der Waals surface area contributed by atoms with Crippen molar-refractivity contribution in [2.24, 2.45) is 0 Å². The Morgan fingerprint density at radius 1 is 0.629 bits per heavy atom. The number of aliphatic hydroxyl groups is 1. The second-order valence-electron chi connectivity index (χ2n) is 8.43. The van der Waals surface area contributed by atoms with Crippen molar-refractivity contribution in [3.05, 3.63) is 132 Å². The number of nitrogens with zero attached hydrogens (tertiary/aromatic N) is 3. The van der Waals surface area contributed by atoms with Crippen LogP contribution in [0.5, 0.6) is 5.75 Å². The minimum absolute atomic E-state index is 0.721. The van der Waals surface area contributed by atoms with Gasteiger partial charge in [0.1, 0.15) is 11.4 Å². The lowest BCUT2D eigenvalue weighted by Crippen LogP contribution is -2.26. The second kappa shape index (κ2) is 8.38. The van der Waals surface area contributed by atoms with Gasteiger partial charge in [0.15, 0.2) is 0 Å². The maximum absolute atomic E-state index is 12.1. The Kier molecular flexibility index (Phi) is 5.05. The summed E-state index contributed by atoms with van der Waals surface area (Å²) in [6.45, 7) is 0. The molecule has 0 saturated carbocycles. The third-order valence-corrected chi connectivity index (χ3v) is 6.51. The Morgan fingerprint density at radius 3 is 1.69 bits per heavy atom. The minimum Gasteiger partial charge on any atom is -0.497 e. The van der Waals surface area contributed by atoms with Crippen molar-refractivity contribution in [1.82, 2.24) is 9.97 Å². The molecule has 0 aliphatic heterocycles. The van der Waals surface area contributed by atoms with Crippen LogP contribution >= 0.6 is 0 Å². The summed E-state index contributed by atoms with van der Waals surface area (Å²) in [6, 6.07) is 33.8. The smallest absolute Gasteiger partial charge is 0.144 e. The molecule has 0 radical (unpaired) electrons. The lowest BCUT2D eigenvalue weighted by Gasteiger charge is -2.28. The van der Waals surface area contributed by atoms with Crippen LogP contribution in [-0.2, 0) is 5.60 Å². The summed E-state index contributed by atoms with van der Waals surface area (Å²) in [6.07, 6.45) is 3.47. The van der Waals surface area contributed by atoms with Crippen LogP contribution in [-0.4, -0.2) is 22.2 Å². The fourth-order valence-corrected chi connectivity index (χ4v) is 4.84. The predicted molar refractivity (Wildman–Crippen MR) is 137 cm³/mol. The lowest BCUT2D eigenvalue weighted by atomic mass is 9.85. The van der Waals surface area contributed by atoms with Crippen molar-refractivity contribution in [3.8, 4) is 17.1 Å². The largest absolute Gasteiger partial charge is 0.497 e. The summed E-state index contributed by atoms with van der Waals surface area (Å²) in [5.74, 6) is 0.806. The van der Waals surface area contributed by atoms with E-state index in [-0.39, 0.29) is 0 Å². The number of anilines is 3. The summed E-state index contributed by atoms with van der Waals surface area (Å²) in [4.78, 5) is 11.2. The number of benzene rings is 3. The van der Waals surface area contributed by atoms with Crippen LogP contribution in [0.25, 0.3) is 11.4 Å². The van der Waals surface area contributed by atoms with Gasteiger partial charge in [0.05, 0.1) is 18.5 Å². The van der Waals surface area contributed by atoms with Crippen LogP contribution in [0, 0.1) is 0 Å². The van der Waals surface area contributed by atoms with Crippen molar-refractivity contribution >= 4 is 17.1 Å². The van der Waals surface area contributed by atoms with Crippen LogP contribution < -0.4 is 9.64 Å². The fraction of sp³-hybridized carbons (Fsp3) is 0.0667.